The third kappa shape index (κ3) is 18.1. The first kappa shape index (κ1) is 55.0. The van der Waals surface area contributed by atoms with Crippen molar-refractivity contribution in [1.29, 1.82) is 0 Å². The van der Waals surface area contributed by atoms with Crippen LogP contribution in [0.25, 0.3) is 0 Å². The molecule has 3 rings (SSSR count). The average Bonchev–Trinajstić information content (AvgIpc) is 3.21. The Bertz CT molecular complexity index is 1280. The Labute approximate surface area is 354 Å². The van der Waals surface area contributed by atoms with Gasteiger partial charge in [-0.1, -0.05) is 40.5 Å². The number of hydrogen-bond donors (Lipinski definition) is 0. The Kier molecular flexibility index (Phi) is 27.4. The van der Waals surface area contributed by atoms with Gasteiger partial charge in [-0.15, -0.1) is 0 Å². The average molecular weight is 850 g/mol. The van der Waals surface area contributed by atoms with Crippen LogP contribution in [0, 0.1) is 28.6 Å². The van der Waals surface area contributed by atoms with Crippen molar-refractivity contribution in [2.75, 3.05) is 123 Å². The Morgan fingerprint density at radius 3 is 1.19 bits per heavy atom. The molecule has 16 heteroatoms. The molecule has 2 aliphatic rings. The Morgan fingerprint density at radius 2 is 0.864 bits per heavy atom. The van der Waals surface area contributed by atoms with Gasteiger partial charge in [0, 0.05) is 69.4 Å². The van der Waals surface area contributed by atoms with Crippen molar-refractivity contribution in [3.05, 3.63) is 31.5 Å². The fourth-order valence-corrected chi connectivity index (χ4v) is 8.32. The normalized spacial score (nSPS) is 20.1. The predicted molar refractivity (Wildman–Crippen MR) is 229 cm³/mol. The van der Waals surface area contributed by atoms with Crippen LogP contribution in [0.3, 0.4) is 0 Å². The third-order valence-electron chi connectivity index (χ3n) is 12.1. The molecule has 0 spiro atoms. The van der Waals surface area contributed by atoms with Gasteiger partial charge in [0.1, 0.15) is 5.60 Å². The van der Waals surface area contributed by atoms with Crippen LogP contribution < -0.4 is 17.1 Å². The Morgan fingerprint density at radius 1 is 0.492 bits per heavy atom. The van der Waals surface area contributed by atoms with Gasteiger partial charge in [-0.3, -0.25) is 0 Å². The fraction of sp³-hybridized carbons (Fsp3) is 0.930. The predicted octanol–water partition coefficient (Wildman–Crippen LogP) is 4.14. The molecule has 0 bridgehead atoms. The van der Waals surface area contributed by atoms with Gasteiger partial charge in [0.2, 0.25) is 0 Å². The molecular formula is C43H83N3O13. The lowest BCUT2D eigenvalue weighted by molar-refractivity contribution is -0.152. The van der Waals surface area contributed by atoms with Crippen molar-refractivity contribution < 1.29 is 47.4 Å². The number of aromatic nitrogens is 3. The zero-order valence-electron chi connectivity index (χ0n) is 39.1. The van der Waals surface area contributed by atoms with Crippen LogP contribution in [0.4, 0.5) is 0 Å². The zero-order valence-corrected chi connectivity index (χ0v) is 39.1. The molecule has 0 N–H and O–H groups in total. The van der Waals surface area contributed by atoms with Crippen LogP contribution in [-0.4, -0.2) is 149 Å². The highest BCUT2D eigenvalue weighted by Gasteiger charge is 2.40. The van der Waals surface area contributed by atoms with Crippen LogP contribution >= 0.6 is 0 Å². The summed E-state index contributed by atoms with van der Waals surface area (Å²) in [5.74, 6) is 2.88. The second-order valence-corrected chi connectivity index (χ2v) is 17.2. The van der Waals surface area contributed by atoms with E-state index in [1.165, 1.54) is 72.7 Å². The summed E-state index contributed by atoms with van der Waals surface area (Å²) in [7, 11) is 14.5. The SMILES string of the molecule is COC1CCC(C(C)(C)C2CCC(C)CC2)CC1.COCC(C)(COC)COCC(COC)(COC)OC.COCCn1c(=O)n(CCOC)c(=O)n(CCOC)c1=O. The highest BCUT2D eigenvalue weighted by atomic mass is 16.6. The van der Waals surface area contributed by atoms with E-state index >= 15 is 0 Å². The molecule has 0 saturated heterocycles. The molecule has 1 heterocycles. The highest BCUT2D eigenvalue weighted by Crippen LogP contribution is 2.49. The lowest BCUT2D eigenvalue weighted by atomic mass is 9.60. The van der Waals surface area contributed by atoms with E-state index in [2.05, 4.69) is 27.7 Å². The van der Waals surface area contributed by atoms with Gasteiger partial charge in [0.25, 0.3) is 0 Å². The standard InChI is InChI=1S/C17H32O.C14H30O6.C12H21N3O6/c1-13-5-7-14(8-6-13)17(2,3)15-9-11-16(18-4)12-10-15;1-13(7-15-2,8-16-3)9-20-12-14(19-6,10-17-4)11-18-5;1-19-7-4-13-10(16)14(5-8-20-2)12(18)15(11(13)17)6-9-21-3/h13-16H,5-12H2,1-4H3;7-12H2,1-6H3;4-9H2,1-3H3. The molecule has 2 saturated carbocycles. The van der Waals surface area contributed by atoms with E-state index < -0.39 is 22.7 Å². The van der Waals surface area contributed by atoms with Crippen LogP contribution in [0.1, 0.15) is 79.1 Å². The number of nitrogens with zero attached hydrogens (tertiary/aromatic N) is 3. The molecule has 1 aromatic rings. The van der Waals surface area contributed by atoms with Crippen molar-refractivity contribution in [2.24, 2.45) is 28.6 Å². The molecule has 0 aromatic carbocycles. The van der Waals surface area contributed by atoms with E-state index in [0.29, 0.717) is 51.2 Å². The first-order valence-electron chi connectivity index (χ1n) is 21.2. The second kappa shape index (κ2) is 29.3. The van der Waals surface area contributed by atoms with E-state index in [1.807, 2.05) is 7.11 Å². The molecule has 2 aliphatic carbocycles. The van der Waals surface area contributed by atoms with E-state index in [-0.39, 0.29) is 44.9 Å². The van der Waals surface area contributed by atoms with Crippen molar-refractivity contribution in [3.63, 3.8) is 0 Å². The summed E-state index contributed by atoms with van der Waals surface area (Å²) in [6.07, 6.45) is 11.7. The van der Waals surface area contributed by atoms with Gasteiger partial charge in [0.15, 0.2) is 0 Å². The fourth-order valence-electron chi connectivity index (χ4n) is 8.32. The summed E-state index contributed by atoms with van der Waals surface area (Å²) < 4.78 is 55.3. The number of methoxy groups -OCH3 is 9. The third-order valence-corrected chi connectivity index (χ3v) is 12.1. The summed E-state index contributed by atoms with van der Waals surface area (Å²) in [4.78, 5) is 36.7. The minimum atomic E-state index is -0.659. The molecule has 1 aromatic heterocycles. The molecule has 59 heavy (non-hydrogen) atoms. The molecule has 0 unspecified atom stereocenters. The largest absolute Gasteiger partial charge is 0.384 e. The lowest BCUT2D eigenvalue weighted by Crippen LogP contribution is -2.55. The van der Waals surface area contributed by atoms with E-state index in [9.17, 15) is 14.4 Å². The Balaban J connectivity index is 0.000000443. The Hall–Kier alpha value is -1.99. The van der Waals surface area contributed by atoms with Crippen molar-refractivity contribution in [2.45, 2.75) is 110 Å². The van der Waals surface area contributed by atoms with Crippen LogP contribution in [0.15, 0.2) is 14.4 Å². The van der Waals surface area contributed by atoms with Gasteiger partial charge in [-0.25, -0.2) is 28.1 Å². The van der Waals surface area contributed by atoms with E-state index in [4.69, 9.17) is 47.4 Å². The monoisotopic (exact) mass is 850 g/mol. The quantitative estimate of drug-likeness (QED) is 0.139. The summed E-state index contributed by atoms with van der Waals surface area (Å²) >= 11 is 0. The minimum absolute atomic E-state index is 0.0778. The van der Waals surface area contributed by atoms with Crippen LogP contribution in [0.2, 0.25) is 0 Å². The molecule has 348 valence electrons. The summed E-state index contributed by atoms with van der Waals surface area (Å²) in [5, 5.41) is 0. The first-order chi connectivity index (χ1) is 28.1. The summed E-state index contributed by atoms with van der Waals surface area (Å²) in [6, 6.07) is 0. The number of rotatable bonds is 25. The molecule has 0 aliphatic heterocycles. The van der Waals surface area contributed by atoms with E-state index in [0.717, 1.165) is 31.5 Å². The topological polar surface area (TPSA) is 158 Å². The molecule has 2 fully saturated rings. The summed E-state index contributed by atoms with van der Waals surface area (Å²) in [5.41, 5.74) is -2.21. The first-order valence-corrected chi connectivity index (χ1v) is 21.2. The van der Waals surface area contributed by atoms with Crippen molar-refractivity contribution in [1.82, 2.24) is 13.7 Å². The second-order valence-electron chi connectivity index (χ2n) is 17.2. The van der Waals surface area contributed by atoms with Gasteiger partial charge in [-0.2, -0.15) is 0 Å². The van der Waals surface area contributed by atoms with Crippen molar-refractivity contribution in [3.8, 4) is 0 Å². The van der Waals surface area contributed by atoms with E-state index in [1.54, 1.807) is 35.5 Å². The number of ether oxygens (including phenoxy) is 10. The number of hydrogen-bond acceptors (Lipinski definition) is 13. The molecular weight excluding hydrogens is 766 g/mol. The van der Waals surface area contributed by atoms with Gasteiger partial charge >= 0.3 is 17.1 Å². The maximum atomic E-state index is 12.2. The summed E-state index contributed by atoms with van der Waals surface area (Å²) in [6.45, 7) is 13.2. The smallest absolute Gasteiger partial charge is 0.336 e. The van der Waals surface area contributed by atoms with Gasteiger partial charge in [0.05, 0.1) is 85.2 Å². The minimum Gasteiger partial charge on any atom is -0.384 e. The van der Waals surface area contributed by atoms with Crippen LogP contribution in [-0.2, 0) is 67.0 Å². The maximum Gasteiger partial charge on any atom is 0.336 e. The maximum absolute atomic E-state index is 12.2. The molecule has 0 atom stereocenters. The molecule has 0 radical (unpaired) electrons. The van der Waals surface area contributed by atoms with Crippen LogP contribution in [0.5, 0.6) is 0 Å². The lowest BCUT2D eigenvalue weighted by Gasteiger charge is -2.46. The van der Waals surface area contributed by atoms with Crippen molar-refractivity contribution >= 4 is 0 Å². The highest BCUT2D eigenvalue weighted by molar-refractivity contribution is 4.90. The molecule has 0 amide bonds. The van der Waals surface area contributed by atoms with Gasteiger partial charge < -0.3 is 47.4 Å². The van der Waals surface area contributed by atoms with Gasteiger partial charge in [-0.05, 0) is 61.7 Å². The molecule has 16 nitrogen and oxygen atoms in total. The zero-order chi connectivity index (χ0) is 44.5.